The van der Waals surface area contributed by atoms with Crippen LogP contribution in [0.3, 0.4) is 0 Å². The van der Waals surface area contributed by atoms with Gasteiger partial charge in [0.15, 0.2) is 5.78 Å². The highest BCUT2D eigenvalue weighted by Crippen LogP contribution is 2.21. The molecule has 0 amide bonds. The number of nitrogens with zero attached hydrogens (tertiary/aromatic N) is 3. The summed E-state index contributed by atoms with van der Waals surface area (Å²) in [6.07, 6.45) is 1.23. The summed E-state index contributed by atoms with van der Waals surface area (Å²) in [6.45, 7) is 5.40. The lowest BCUT2D eigenvalue weighted by molar-refractivity contribution is 0.0968. The molecule has 0 saturated carbocycles. The molecule has 0 saturated heterocycles. The fourth-order valence-electron chi connectivity index (χ4n) is 2.23. The van der Waals surface area contributed by atoms with E-state index in [1.54, 1.807) is 19.1 Å². The molecule has 2 aromatic rings. The van der Waals surface area contributed by atoms with Gasteiger partial charge in [-0.3, -0.25) is 18.7 Å². The van der Waals surface area contributed by atoms with Gasteiger partial charge in [0.05, 0.1) is 6.54 Å². The molecule has 2 aromatic heterocycles. The molecule has 2 heterocycles. The van der Waals surface area contributed by atoms with Crippen LogP contribution >= 0.6 is 11.3 Å². The molecule has 0 N–H and O–H groups in total. The first-order chi connectivity index (χ1) is 10.4. The van der Waals surface area contributed by atoms with Crippen molar-refractivity contribution >= 4 is 17.1 Å². The normalized spacial score (nSPS) is 10.5. The fraction of sp³-hybridized carbons (Fsp3) is 0.333. The van der Waals surface area contributed by atoms with Crippen LogP contribution in [0.25, 0.3) is 0 Å². The summed E-state index contributed by atoms with van der Waals surface area (Å²) in [4.78, 5) is 38.5. The highest BCUT2D eigenvalue weighted by atomic mass is 32.1. The number of Topliss-reactive ketones (excluding diaryl/α,β-unsaturated/α-hetero) is 1. The number of aryl methyl sites for hydroxylation is 3. The van der Waals surface area contributed by atoms with Crippen LogP contribution in [0.4, 0.5) is 0 Å². The Bertz CT molecular complexity index is 896. The topological polar surface area (TPSA) is 84.9 Å². The Morgan fingerprint density at radius 3 is 2.55 bits per heavy atom. The average Bonchev–Trinajstić information content (AvgIpc) is 2.82. The van der Waals surface area contributed by atoms with Crippen molar-refractivity contribution in [3.63, 3.8) is 0 Å². The standard InChI is InChI=1S/C15H15N3O3S/c1-4-17-7-11(6-16)14(20)18(15(17)21)8-13(19)12-5-9(2)22-10(12)3/h5,7H,4,8H2,1-3H3. The van der Waals surface area contributed by atoms with E-state index in [4.69, 9.17) is 5.26 Å². The van der Waals surface area contributed by atoms with Crippen LogP contribution in [-0.2, 0) is 13.1 Å². The minimum absolute atomic E-state index is 0.146. The number of hydrogen-bond donors (Lipinski definition) is 0. The molecule has 0 bridgehead atoms. The maximum atomic E-state index is 12.4. The van der Waals surface area contributed by atoms with Crippen molar-refractivity contribution in [2.24, 2.45) is 0 Å². The second kappa shape index (κ2) is 6.12. The van der Waals surface area contributed by atoms with E-state index in [-0.39, 0.29) is 17.9 Å². The quantitative estimate of drug-likeness (QED) is 0.799. The van der Waals surface area contributed by atoms with Crippen LogP contribution in [0.5, 0.6) is 0 Å². The van der Waals surface area contributed by atoms with Gasteiger partial charge in [-0.05, 0) is 26.8 Å². The summed E-state index contributed by atoms with van der Waals surface area (Å²) < 4.78 is 2.08. The number of nitriles is 1. The van der Waals surface area contributed by atoms with Gasteiger partial charge in [-0.2, -0.15) is 5.26 Å². The second-order valence-corrected chi connectivity index (χ2v) is 6.32. The monoisotopic (exact) mass is 317 g/mol. The van der Waals surface area contributed by atoms with Crippen molar-refractivity contribution in [2.45, 2.75) is 33.9 Å². The van der Waals surface area contributed by atoms with Gasteiger partial charge < -0.3 is 0 Å². The Kier molecular flexibility index (Phi) is 4.43. The van der Waals surface area contributed by atoms with E-state index in [9.17, 15) is 14.4 Å². The lowest BCUT2D eigenvalue weighted by Gasteiger charge is -2.08. The van der Waals surface area contributed by atoms with E-state index >= 15 is 0 Å². The van der Waals surface area contributed by atoms with Gasteiger partial charge in [-0.15, -0.1) is 11.3 Å². The van der Waals surface area contributed by atoms with Gasteiger partial charge in [-0.1, -0.05) is 0 Å². The average molecular weight is 317 g/mol. The third kappa shape index (κ3) is 2.78. The predicted molar refractivity (Wildman–Crippen MR) is 83.5 cm³/mol. The highest BCUT2D eigenvalue weighted by Gasteiger charge is 2.17. The van der Waals surface area contributed by atoms with Crippen molar-refractivity contribution in [2.75, 3.05) is 0 Å². The van der Waals surface area contributed by atoms with E-state index in [2.05, 4.69) is 0 Å². The van der Waals surface area contributed by atoms with Gasteiger partial charge in [0.2, 0.25) is 0 Å². The summed E-state index contributed by atoms with van der Waals surface area (Å²) in [5, 5.41) is 8.99. The summed E-state index contributed by atoms with van der Waals surface area (Å²) in [5.74, 6) is -0.307. The van der Waals surface area contributed by atoms with Crippen LogP contribution in [0.1, 0.15) is 32.6 Å². The van der Waals surface area contributed by atoms with Crippen molar-refractivity contribution in [1.29, 1.82) is 5.26 Å². The zero-order chi connectivity index (χ0) is 16.4. The number of rotatable bonds is 4. The third-order valence-corrected chi connectivity index (χ3v) is 4.31. The lowest BCUT2D eigenvalue weighted by atomic mass is 10.1. The van der Waals surface area contributed by atoms with E-state index in [0.717, 1.165) is 14.3 Å². The van der Waals surface area contributed by atoms with Gasteiger partial charge in [-0.25, -0.2) is 4.79 Å². The van der Waals surface area contributed by atoms with Gasteiger partial charge in [0, 0.05) is 28.1 Å². The number of aromatic nitrogens is 2. The molecule has 0 aromatic carbocycles. The van der Waals surface area contributed by atoms with Crippen LogP contribution in [0, 0.1) is 25.2 Å². The smallest absolute Gasteiger partial charge is 0.299 e. The molecule has 2 rings (SSSR count). The Morgan fingerprint density at radius 2 is 2.05 bits per heavy atom. The Labute approximate surface area is 130 Å². The molecule has 0 aliphatic heterocycles. The zero-order valence-electron chi connectivity index (χ0n) is 12.5. The zero-order valence-corrected chi connectivity index (χ0v) is 13.4. The molecular weight excluding hydrogens is 302 g/mol. The van der Waals surface area contributed by atoms with Crippen LogP contribution in [-0.4, -0.2) is 14.9 Å². The molecule has 0 spiro atoms. The molecule has 6 nitrogen and oxygen atoms in total. The molecule has 0 atom stereocenters. The number of thiophene rings is 1. The first-order valence-electron chi connectivity index (χ1n) is 6.73. The van der Waals surface area contributed by atoms with E-state index in [0.29, 0.717) is 12.1 Å². The van der Waals surface area contributed by atoms with Gasteiger partial charge >= 0.3 is 5.69 Å². The van der Waals surface area contributed by atoms with Crippen molar-refractivity contribution in [3.8, 4) is 6.07 Å². The SMILES string of the molecule is CCn1cc(C#N)c(=O)n(CC(=O)c2cc(C)sc2C)c1=O. The van der Waals surface area contributed by atoms with E-state index < -0.39 is 11.2 Å². The van der Waals surface area contributed by atoms with Crippen molar-refractivity contribution in [3.05, 3.63) is 54.0 Å². The van der Waals surface area contributed by atoms with E-state index in [1.165, 1.54) is 22.1 Å². The van der Waals surface area contributed by atoms with Gasteiger partial charge in [0.25, 0.3) is 5.56 Å². The number of carbonyl (C=O) groups excluding carboxylic acids is 1. The highest BCUT2D eigenvalue weighted by molar-refractivity contribution is 7.12. The Morgan fingerprint density at radius 1 is 1.36 bits per heavy atom. The van der Waals surface area contributed by atoms with Crippen molar-refractivity contribution < 1.29 is 4.79 Å². The van der Waals surface area contributed by atoms with Crippen molar-refractivity contribution in [1.82, 2.24) is 9.13 Å². The Hall–Kier alpha value is -2.46. The molecule has 0 fully saturated rings. The minimum Gasteiger partial charge on any atom is -0.299 e. The molecule has 0 aliphatic rings. The van der Waals surface area contributed by atoms with Crippen LogP contribution in [0.2, 0.25) is 0 Å². The fourth-order valence-corrected chi connectivity index (χ4v) is 3.18. The number of hydrogen-bond acceptors (Lipinski definition) is 5. The molecule has 22 heavy (non-hydrogen) atoms. The first kappa shape index (κ1) is 15.9. The first-order valence-corrected chi connectivity index (χ1v) is 7.55. The summed E-state index contributed by atoms with van der Waals surface area (Å²) in [5.41, 5.74) is -0.939. The summed E-state index contributed by atoms with van der Waals surface area (Å²) >= 11 is 1.49. The predicted octanol–water partition coefficient (Wildman–Crippen LogP) is 1.46. The largest absolute Gasteiger partial charge is 0.331 e. The summed E-state index contributed by atoms with van der Waals surface area (Å²) in [6, 6.07) is 3.51. The number of ketones is 1. The molecule has 7 heteroatoms. The molecule has 114 valence electrons. The Balaban J connectivity index is 2.52. The minimum atomic E-state index is -0.727. The molecule has 0 unspecified atom stereocenters. The molecule has 0 aliphatic carbocycles. The van der Waals surface area contributed by atoms with Gasteiger partial charge in [0.1, 0.15) is 11.6 Å². The molecular formula is C15H15N3O3S. The lowest BCUT2D eigenvalue weighted by Crippen LogP contribution is -2.42. The maximum absolute atomic E-state index is 12.4. The summed E-state index contributed by atoms with van der Waals surface area (Å²) in [7, 11) is 0. The second-order valence-electron chi connectivity index (χ2n) is 4.86. The van der Waals surface area contributed by atoms with E-state index in [1.807, 2.05) is 13.8 Å². The molecule has 0 radical (unpaired) electrons. The van der Waals surface area contributed by atoms with Crippen LogP contribution in [0.15, 0.2) is 21.9 Å². The van der Waals surface area contributed by atoms with Crippen LogP contribution < -0.4 is 11.2 Å². The number of carbonyl (C=O) groups is 1. The third-order valence-electron chi connectivity index (χ3n) is 3.34. The maximum Gasteiger partial charge on any atom is 0.331 e.